The zero-order valence-electron chi connectivity index (χ0n) is 20.0. The van der Waals surface area contributed by atoms with Crippen LogP contribution in [0, 0.1) is 12.3 Å². The van der Waals surface area contributed by atoms with E-state index in [-0.39, 0.29) is 13.2 Å². The standard InChI is InChI=1S/C24H35N3O5/c1-9-17-12-10-11-13-18(17)19(20(29)26-23(3,4)5)27(14-15-28)21(30)16(2)25-22(31)32-24(6,7)8/h1,10-13,16,19,28H,14-15H2,2-8H3,(H,25,31)(H,26,29). The summed E-state index contributed by atoms with van der Waals surface area (Å²) in [5, 5.41) is 15.0. The third kappa shape index (κ3) is 8.23. The molecule has 2 unspecified atom stereocenters. The number of alkyl carbamates (subject to hydrolysis) is 1. The first kappa shape index (κ1) is 27.0. The maximum absolute atomic E-state index is 13.3. The van der Waals surface area contributed by atoms with Gasteiger partial charge in [0.05, 0.1) is 6.61 Å². The Morgan fingerprint density at radius 1 is 1.16 bits per heavy atom. The van der Waals surface area contributed by atoms with E-state index in [4.69, 9.17) is 11.2 Å². The highest BCUT2D eigenvalue weighted by Gasteiger charge is 2.36. The van der Waals surface area contributed by atoms with Gasteiger partial charge in [0.25, 0.3) is 0 Å². The molecular formula is C24H35N3O5. The van der Waals surface area contributed by atoms with E-state index in [1.165, 1.54) is 11.8 Å². The molecule has 0 bridgehead atoms. The molecule has 2 atom stereocenters. The average molecular weight is 446 g/mol. The lowest BCUT2D eigenvalue weighted by molar-refractivity contribution is -0.143. The summed E-state index contributed by atoms with van der Waals surface area (Å²) in [5.74, 6) is 1.53. The number of aliphatic hydroxyl groups is 1. The van der Waals surface area contributed by atoms with Crippen molar-refractivity contribution < 1.29 is 24.2 Å². The number of nitrogens with zero attached hydrogens (tertiary/aromatic N) is 1. The molecule has 8 heteroatoms. The third-order valence-corrected chi connectivity index (χ3v) is 4.20. The average Bonchev–Trinajstić information content (AvgIpc) is 2.64. The summed E-state index contributed by atoms with van der Waals surface area (Å²) >= 11 is 0. The molecule has 0 aliphatic heterocycles. The van der Waals surface area contributed by atoms with Crippen molar-refractivity contribution in [3.63, 3.8) is 0 Å². The topological polar surface area (TPSA) is 108 Å². The van der Waals surface area contributed by atoms with Gasteiger partial charge in [-0.2, -0.15) is 0 Å². The summed E-state index contributed by atoms with van der Waals surface area (Å²) in [5.41, 5.74) is -0.416. The van der Waals surface area contributed by atoms with Crippen molar-refractivity contribution in [2.45, 2.75) is 71.7 Å². The summed E-state index contributed by atoms with van der Waals surface area (Å²) < 4.78 is 5.22. The molecule has 0 aliphatic rings. The van der Waals surface area contributed by atoms with E-state index < -0.39 is 41.1 Å². The molecule has 0 spiro atoms. The van der Waals surface area contributed by atoms with Gasteiger partial charge in [-0.1, -0.05) is 24.1 Å². The van der Waals surface area contributed by atoms with Gasteiger partial charge in [0, 0.05) is 17.6 Å². The van der Waals surface area contributed by atoms with Gasteiger partial charge in [-0.15, -0.1) is 6.42 Å². The summed E-state index contributed by atoms with van der Waals surface area (Å²) in [6, 6.07) is 4.69. The predicted molar refractivity (Wildman–Crippen MR) is 123 cm³/mol. The fraction of sp³-hybridized carbons (Fsp3) is 0.542. The van der Waals surface area contributed by atoms with E-state index in [2.05, 4.69) is 16.6 Å². The van der Waals surface area contributed by atoms with Crippen LogP contribution in [0.25, 0.3) is 0 Å². The summed E-state index contributed by atoms with van der Waals surface area (Å²) in [6.45, 7) is 11.5. The molecule has 1 rings (SSSR count). The van der Waals surface area contributed by atoms with Crippen molar-refractivity contribution in [3.05, 3.63) is 35.4 Å². The van der Waals surface area contributed by atoms with Gasteiger partial charge in [-0.3, -0.25) is 9.59 Å². The van der Waals surface area contributed by atoms with Crippen molar-refractivity contribution in [1.29, 1.82) is 0 Å². The van der Waals surface area contributed by atoms with Crippen LogP contribution in [0.15, 0.2) is 24.3 Å². The fourth-order valence-corrected chi connectivity index (χ4v) is 3.02. The van der Waals surface area contributed by atoms with E-state index in [0.717, 1.165) is 0 Å². The van der Waals surface area contributed by atoms with E-state index in [0.29, 0.717) is 11.1 Å². The highest BCUT2D eigenvalue weighted by molar-refractivity contribution is 5.92. The molecule has 0 radical (unpaired) electrons. The van der Waals surface area contributed by atoms with Crippen LogP contribution < -0.4 is 10.6 Å². The number of carbonyl (C=O) groups excluding carboxylic acids is 3. The van der Waals surface area contributed by atoms with Crippen LogP contribution >= 0.6 is 0 Å². The molecular weight excluding hydrogens is 410 g/mol. The molecule has 8 nitrogen and oxygen atoms in total. The fourth-order valence-electron chi connectivity index (χ4n) is 3.02. The molecule has 1 aromatic rings. The molecule has 0 aromatic heterocycles. The second-order valence-corrected chi connectivity index (χ2v) is 9.50. The van der Waals surface area contributed by atoms with Gasteiger partial charge >= 0.3 is 6.09 Å². The lowest BCUT2D eigenvalue weighted by Crippen LogP contribution is -2.54. The maximum Gasteiger partial charge on any atom is 0.408 e. The second kappa shape index (κ2) is 11.0. The van der Waals surface area contributed by atoms with Gasteiger partial charge in [0.1, 0.15) is 17.7 Å². The van der Waals surface area contributed by atoms with Gasteiger partial charge < -0.3 is 25.4 Å². The molecule has 3 amide bonds. The molecule has 32 heavy (non-hydrogen) atoms. The Bertz CT molecular complexity index is 862. The number of terminal acetylenes is 1. The number of aliphatic hydroxyl groups excluding tert-OH is 1. The molecule has 0 fully saturated rings. The lowest BCUT2D eigenvalue weighted by atomic mass is 9.96. The van der Waals surface area contributed by atoms with E-state index in [9.17, 15) is 19.5 Å². The highest BCUT2D eigenvalue weighted by atomic mass is 16.6. The summed E-state index contributed by atoms with van der Waals surface area (Å²) in [4.78, 5) is 40.0. The van der Waals surface area contributed by atoms with Crippen LogP contribution in [0.3, 0.4) is 0 Å². The van der Waals surface area contributed by atoms with Gasteiger partial charge in [-0.05, 0) is 60.1 Å². The van der Waals surface area contributed by atoms with Crippen LogP contribution in [-0.2, 0) is 14.3 Å². The van der Waals surface area contributed by atoms with Gasteiger partial charge in [0.15, 0.2) is 0 Å². The zero-order valence-corrected chi connectivity index (χ0v) is 20.0. The van der Waals surface area contributed by atoms with Crippen molar-refractivity contribution in [3.8, 4) is 12.3 Å². The molecule has 0 saturated carbocycles. The number of carbonyl (C=O) groups is 3. The number of amides is 3. The van der Waals surface area contributed by atoms with Crippen LogP contribution in [0.1, 0.15) is 65.6 Å². The Hall–Kier alpha value is -3.05. The summed E-state index contributed by atoms with van der Waals surface area (Å²) in [6.07, 6.45) is 4.88. The van der Waals surface area contributed by atoms with Crippen molar-refractivity contribution in [2.75, 3.05) is 13.2 Å². The lowest BCUT2D eigenvalue weighted by Gasteiger charge is -2.35. The number of rotatable bonds is 7. The number of hydrogen-bond donors (Lipinski definition) is 3. The Morgan fingerprint density at radius 2 is 1.75 bits per heavy atom. The molecule has 176 valence electrons. The maximum atomic E-state index is 13.3. The Morgan fingerprint density at radius 3 is 2.25 bits per heavy atom. The highest BCUT2D eigenvalue weighted by Crippen LogP contribution is 2.26. The minimum Gasteiger partial charge on any atom is -0.444 e. The van der Waals surface area contributed by atoms with E-state index >= 15 is 0 Å². The van der Waals surface area contributed by atoms with Crippen LogP contribution in [0.4, 0.5) is 4.79 Å². The van der Waals surface area contributed by atoms with Crippen LogP contribution in [0.2, 0.25) is 0 Å². The minimum absolute atomic E-state index is 0.139. The second-order valence-electron chi connectivity index (χ2n) is 9.50. The normalized spacial score (nSPS) is 13.3. The van der Waals surface area contributed by atoms with Crippen molar-refractivity contribution >= 4 is 17.9 Å². The first-order valence-corrected chi connectivity index (χ1v) is 10.5. The molecule has 0 heterocycles. The Kier molecular flexibility index (Phi) is 9.28. The Labute approximate surface area is 190 Å². The SMILES string of the molecule is C#Cc1ccccc1C(C(=O)NC(C)(C)C)N(CCO)C(=O)C(C)NC(=O)OC(C)(C)C. The molecule has 0 saturated heterocycles. The zero-order chi connectivity index (χ0) is 24.7. The summed E-state index contributed by atoms with van der Waals surface area (Å²) in [7, 11) is 0. The third-order valence-electron chi connectivity index (χ3n) is 4.20. The van der Waals surface area contributed by atoms with Crippen LogP contribution in [0.5, 0.6) is 0 Å². The first-order chi connectivity index (χ1) is 14.7. The van der Waals surface area contributed by atoms with Crippen molar-refractivity contribution in [1.82, 2.24) is 15.5 Å². The van der Waals surface area contributed by atoms with Gasteiger partial charge in [-0.25, -0.2) is 4.79 Å². The predicted octanol–water partition coefficient (Wildman–Crippen LogP) is 2.36. The van der Waals surface area contributed by atoms with E-state index in [1.54, 1.807) is 45.0 Å². The number of hydrogen-bond acceptors (Lipinski definition) is 5. The number of ether oxygens (including phenoxy) is 1. The molecule has 3 N–H and O–H groups in total. The smallest absolute Gasteiger partial charge is 0.408 e. The van der Waals surface area contributed by atoms with Crippen LogP contribution in [-0.4, -0.2) is 58.2 Å². The minimum atomic E-state index is -1.11. The monoisotopic (exact) mass is 445 g/mol. The quantitative estimate of drug-likeness (QED) is 0.559. The van der Waals surface area contributed by atoms with Gasteiger partial charge in [0.2, 0.25) is 11.8 Å². The van der Waals surface area contributed by atoms with Crippen molar-refractivity contribution in [2.24, 2.45) is 0 Å². The molecule has 1 aromatic carbocycles. The Balaban J connectivity index is 3.37. The number of benzene rings is 1. The number of nitrogens with one attached hydrogen (secondary N) is 2. The first-order valence-electron chi connectivity index (χ1n) is 10.5. The van der Waals surface area contributed by atoms with E-state index in [1.807, 2.05) is 20.8 Å². The molecule has 0 aliphatic carbocycles. The largest absolute Gasteiger partial charge is 0.444 e.